The van der Waals surface area contributed by atoms with Gasteiger partial charge in [-0.25, -0.2) is 0 Å². The Kier molecular flexibility index (Phi) is 0.648. The normalized spacial score (nSPS) is 50.8. The van der Waals surface area contributed by atoms with Crippen LogP contribution in [0.3, 0.4) is 0 Å². The van der Waals surface area contributed by atoms with Gasteiger partial charge in [0.25, 0.3) is 0 Å². The topological polar surface area (TPSA) is 46.2 Å². The van der Waals surface area contributed by atoms with E-state index in [1.165, 1.54) is 5.57 Å². The highest BCUT2D eigenvalue weighted by molar-refractivity contribution is 5.40. The lowest BCUT2D eigenvalue weighted by atomic mass is 10.2. The molecule has 0 bridgehead atoms. The van der Waals surface area contributed by atoms with E-state index in [4.69, 9.17) is 10.8 Å². The third-order valence-corrected chi connectivity index (χ3v) is 1.99. The van der Waals surface area contributed by atoms with Crippen LogP contribution >= 0.6 is 0 Å². The van der Waals surface area contributed by atoms with Crippen molar-refractivity contribution >= 4 is 0 Å². The van der Waals surface area contributed by atoms with E-state index < -0.39 is 0 Å². The fourth-order valence-electron chi connectivity index (χ4n) is 1.41. The summed E-state index contributed by atoms with van der Waals surface area (Å²) >= 11 is 0. The molecule has 1 saturated carbocycles. The van der Waals surface area contributed by atoms with Gasteiger partial charge in [-0.1, -0.05) is 6.08 Å². The van der Waals surface area contributed by atoms with Gasteiger partial charge in [0.05, 0.1) is 6.10 Å². The molecule has 44 valence electrons. The van der Waals surface area contributed by atoms with E-state index in [2.05, 4.69) is 6.08 Å². The number of rotatable bonds is 0. The molecule has 0 spiro atoms. The van der Waals surface area contributed by atoms with Gasteiger partial charge in [-0.05, 0) is 12.0 Å². The monoisotopic (exact) mass is 111 g/mol. The first-order valence-electron chi connectivity index (χ1n) is 2.94. The molecule has 2 heteroatoms. The Bertz CT molecular complexity index is 153. The highest BCUT2D eigenvalue weighted by atomic mass is 16.3. The van der Waals surface area contributed by atoms with Crippen molar-refractivity contribution < 1.29 is 5.11 Å². The minimum absolute atomic E-state index is 0.153. The smallest absolute Gasteiger partial charge is 0.0658 e. The maximum atomic E-state index is 9.08. The van der Waals surface area contributed by atoms with Crippen molar-refractivity contribution in [2.24, 2.45) is 11.7 Å². The molecule has 1 fully saturated rings. The Morgan fingerprint density at radius 1 is 1.75 bits per heavy atom. The van der Waals surface area contributed by atoms with Crippen LogP contribution in [0, 0.1) is 5.92 Å². The van der Waals surface area contributed by atoms with Crippen LogP contribution in [0.1, 0.15) is 6.42 Å². The number of hydrogen-bond acceptors (Lipinski definition) is 2. The first-order chi connectivity index (χ1) is 3.79. The van der Waals surface area contributed by atoms with Crippen molar-refractivity contribution in [1.82, 2.24) is 0 Å². The molecule has 0 aromatic heterocycles. The molecule has 2 nitrogen and oxygen atoms in total. The van der Waals surface area contributed by atoms with Crippen molar-refractivity contribution in [3.63, 3.8) is 0 Å². The van der Waals surface area contributed by atoms with E-state index in [0.29, 0.717) is 5.92 Å². The summed E-state index contributed by atoms with van der Waals surface area (Å²) in [6, 6.07) is 0.176. The van der Waals surface area contributed by atoms with Crippen LogP contribution in [0.15, 0.2) is 11.6 Å². The quantitative estimate of drug-likeness (QED) is 0.419. The van der Waals surface area contributed by atoms with Crippen LogP contribution in [0.5, 0.6) is 0 Å². The van der Waals surface area contributed by atoms with Crippen molar-refractivity contribution in [3.05, 3.63) is 11.6 Å². The Morgan fingerprint density at radius 2 is 2.50 bits per heavy atom. The lowest BCUT2D eigenvalue weighted by Gasteiger charge is -2.01. The average Bonchev–Trinajstić information content (AvgIpc) is 2.35. The number of hydrogen-bond donors (Lipinski definition) is 2. The third-order valence-electron chi connectivity index (χ3n) is 1.99. The van der Waals surface area contributed by atoms with Crippen LogP contribution in [0.2, 0.25) is 0 Å². The molecule has 3 N–H and O–H groups in total. The molecule has 0 heterocycles. The Hall–Kier alpha value is -0.340. The molecule has 2 rings (SSSR count). The van der Waals surface area contributed by atoms with E-state index in [0.717, 1.165) is 6.42 Å². The maximum Gasteiger partial charge on any atom is 0.0658 e. The molecule has 0 amide bonds. The first-order valence-corrected chi connectivity index (χ1v) is 2.94. The highest BCUT2D eigenvalue weighted by Gasteiger charge is 2.42. The lowest BCUT2D eigenvalue weighted by molar-refractivity contribution is 0.164. The van der Waals surface area contributed by atoms with E-state index in [-0.39, 0.29) is 12.1 Å². The summed E-state index contributed by atoms with van der Waals surface area (Å²) in [6.07, 6.45) is 2.68. The van der Waals surface area contributed by atoms with Crippen LogP contribution in [-0.4, -0.2) is 17.3 Å². The highest BCUT2D eigenvalue weighted by Crippen LogP contribution is 2.43. The predicted octanol–water partition coefficient (Wildman–Crippen LogP) is -0.366. The second kappa shape index (κ2) is 1.14. The van der Waals surface area contributed by atoms with Gasteiger partial charge in [-0.3, -0.25) is 0 Å². The Morgan fingerprint density at radius 3 is 2.62 bits per heavy atom. The largest absolute Gasteiger partial charge is 0.392 e. The Labute approximate surface area is 48.0 Å². The van der Waals surface area contributed by atoms with Gasteiger partial charge in [-0.15, -0.1) is 0 Å². The zero-order valence-corrected chi connectivity index (χ0v) is 4.54. The van der Waals surface area contributed by atoms with Gasteiger partial charge in [0.1, 0.15) is 0 Å². The fraction of sp³-hybridized carbons (Fsp3) is 0.667. The third kappa shape index (κ3) is 0.394. The van der Waals surface area contributed by atoms with E-state index in [1.807, 2.05) is 0 Å². The molecule has 2 aliphatic rings. The number of fused-ring (bicyclic) bond motifs is 1. The van der Waals surface area contributed by atoms with E-state index in [9.17, 15) is 0 Å². The molecular formula is C6H9NO. The second-order valence-corrected chi connectivity index (χ2v) is 2.60. The summed E-state index contributed by atoms with van der Waals surface area (Å²) in [6.45, 7) is 0. The van der Waals surface area contributed by atoms with Gasteiger partial charge >= 0.3 is 0 Å². The van der Waals surface area contributed by atoms with Gasteiger partial charge < -0.3 is 10.8 Å². The Balaban J connectivity index is 2.16. The maximum absolute atomic E-state index is 9.08. The fourth-order valence-corrected chi connectivity index (χ4v) is 1.41. The standard InChI is InChI=1S/C6H9NO/c7-5-2-6(8)4-1-3(4)5/h1,4-6,8H,2,7H2/t4-,5+,6-/m0/s1. The van der Waals surface area contributed by atoms with E-state index >= 15 is 0 Å². The van der Waals surface area contributed by atoms with Gasteiger partial charge in [-0.2, -0.15) is 0 Å². The number of aliphatic hydroxyl groups is 1. The second-order valence-electron chi connectivity index (χ2n) is 2.60. The zero-order valence-electron chi connectivity index (χ0n) is 4.54. The molecule has 0 aliphatic heterocycles. The average molecular weight is 111 g/mol. The summed E-state index contributed by atoms with van der Waals surface area (Å²) in [5.41, 5.74) is 6.86. The molecular weight excluding hydrogens is 102 g/mol. The lowest BCUT2D eigenvalue weighted by Crippen LogP contribution is -2.17. The summed E-state index contributed by atoms with van der Waals surface area (Å²) in [7, 11) is 0. The summed E-state index contributed by atoms with van der Waals surface area (Å²) in [4.78, 5) is 0. The summed E-state index contributed by atoms with van der Waals surface area (Å²) in [5.74, 6) is 0.380. The van der Waals surface area contributed by atoms with Crippen LogP contribution in [0.4, 0.5) is 0 Å². The van der Waals surface area contributed by atoms with Gasteiger partial charge in [0.15, 0.2) is 0 Å². The molecule has 0 saturated heterocycles. The van der Waals surface area contributed by atoms with Crippen molar-refractivity contribution in [1.29, 1.82) is 0 Å². The van der Waals surface area contributed by atoms with Gasteiger partial charge in [0, 0.05) is 12.0 Å². The minimum Gasteiger partial charge on any atom is -0.392 e. The zero-order chi connectivity index (χ0) is 5.72. The number of nitrogens with two attached hydrogens (primary N) is 1. The van der Waals surface area contributed by atoms with Crippen LogP contribution in [0.25, 0.3) is 0 Å². The molecule has 0 aromatic rings. The van der Waals surface area contributed by atoms with Gasteiger partial charge in [0.2, 0.25) is 0 Å². The number of aliphatic hydroxyl groups excluding tert-OH is 1. The molecule has 2 aliphatic carbocycles. The minimum atomic E-state index is -0.153. The van der Waals surface area contributed by atoms with Crippen molar-refractivity contribution in [3.8, 4) is 0 Å². The SMILES string of the molecule is N[C@@H]1C[C@H](O)[C@H]2C=C12. The van der Waals surface area contributed by atoms with E-state index in [1.54, 1.807) is 0 Å². The van der Waals surface area contributed by atoms with Crippen LogP contribution in [-0.2, 0) is 0 Å². The molecule has 3 atom stereocenters. The summed E-state index contributed by atoms with van der Waals surface area (Å²) < 4.78 is 0. The predicted molar refractivity (Wildman–Crippen MR) is 30.2 cm³/mol. The molecule has 0 radical (unpaired) electrons. The van der Waals surface area contributed by atoms with Crippen molar-refractivity contribution in [2.75, 3.05) is 0 Å². The summed E-state index contributed by atoms with van der Waals surface area (Å²) in [5, 5.41) is 9.08. The first kappa shape index (κ1) is 4.53. The molecule has 0 unspecified atom stereocenters. The van der Waals surface area contributed by atoms with Crippen LogP contribution < -0.4 is 5.73 Å². The van der Waals surface area contributed by atoms with Crippen molar-refractivity contribution in [2.45, 2.75) is 18.6 Å². The molecule has 8 heavy (non-hydrogen) atoms. The molecule has 0 aromatic carbocycles.